The summed E-state index contributed by atoms with van der Waals surface area (Å²) in [7, 11) is 4.97. The summed E-state index contributed by atoms with van der Waals surface area (Å²) >= 11 is 0. The molecule has 6 nitrogen and oxygen atoms in total. The number of carbonyl (C=O) groups excluding carboxylic acids is 2. The fraction of sp³-hybridized carbons (Fsp3) is 0.500. The van der Waals surface area contributed by atoms with Gasteiger partial charge in [-0.05, 0) is 5.56 Å². The number of hydrogen-bond donors (Lipinski definition) is 2. The standard InChI is InChI=1S/C16H25N3O3.ClH/c1-19(2)16(21)14(11-13-7-5-4-6-8-13)18-15(20)12-17-9-10-22-3;/h4-8,14,17H,9-12H2,1-3H3,(H,18,20);1H. The molecule has 0 aromatic heterocycles. The largest absolute Gasteiger partial charge is 0.383 e. The lowest BCUT2D eigenvalue weighted by atomic mass is 10.0. The van der Waals surface area contributed by atoms with Crippen molar-refractivity contribution < 1.29 is 14.3 Å². The maximum atomic E-state index is 12.2. The number of halogens is 1. The first-order chi connectivity index (χ1) is 10.5. The molecule has 0 aliphatic heterocycles. The Kier molecular flexibility index (Phi) is 11.0. The van der Waals surface area contributed by atoms with Crippen LogP contribution < -0.4 is 10.6 Å². The number of amides is 2. The third-order valence-electron chi connectivity index (χ3n) is 3.13. The number of nitrogens with zero attached hydrogens (tertiary/aromatic N) is 1. The van der Waals surface area contributed by atoms with E-state index in [9.17, 15) is 9.59 Å². The van der Waals surface area contributed by atoms with Crippen LogP contribution >= 0.6 is 12.4 Å². The summed E-state index contributed by atoms with van der Waals surface area (Å²) in [5, 5.41) is 5.75. The van der Waals surface area contributed by atoms with E-state index < -0.39 is 6.04 Å². The molecule has 0 saturated heterocycles. The van der Waals surface area contributed by atoms with Crippen LogP contribution in [0.4, 0.5) is 0 Å². The van der Waals surface area contributed by atoms with Gasteiger partial charge in [0.1, 0.15) is 6.04 Å². The second-order valence-electron chi connectivity index (χ2n) is 5.21. The summed E-state index contributed by atoms with van der Waals surface area (Å²) in [4.78, 5) is 25.7. The third kappa shape index (κ3) is 8.54. The maximum Gasteiger partial charge on any atom is 0.244 e. The molecule has 0 bridgehead atoms. The Morgan fingerprint density at radius 3 is 2.43 bits per heavy atom. The number of benzene rings is 1. The quantitative estimate of drug-likeness (QED) is 0.639. The van der Waals surface area contributed by atoms with Crippen molar-refractivity contribution in [2.24, 2.45) is 0 Å². The van der Waals surface area contributed by atoms with Gasteiger partial charge in [-0.3, -0.25) is 9.59 Å². The van der Waals surface area contributed by atoms with Gasteiger partial charge >= 0.3 is 0 Å². The molecule has 0 aliphatic rings. The van der Waals surface area contributed by atoms with Gasteiger partial charge < -0.3 is 20.3 Å². The number of likely N-dealkylation sites (N-methyl/N-ethyl adjacent to an activating group) is 1. The van der Waals surface area contributed by atoms with E-state index in [4.69, 9.17) is 4.74 Å². The van der Waals surface area contributed by atoms with E-state index in [1.165, 1.54) is 4.90 Å². The van der Waals surface area contributed by atoms with Crippen LogP contribution in [0, 0.1) is 0 Å². The van der Waals surface area contributed by atoms with Crippen molar-refractivity contribution in [3.8, 4) is 0 Å². The van der Waals surface area contributed by atoms with Crippen LogP contribution in [0.25, 0.3) is 0 Å². The molecule has 2 amide bonds. The molecule has 0 aliphatic carbocycles. The van der Waals surface area contributed by atoms with Crippen molar-refractivity contribution >= 4 is 24.2 Å². The number of carbonyl (C=O) groups is 2. The maximum absolute atomic E-state index is 12.2. The summed E-state index contributed by atoms with van der Waals surface area (Å²) in [6.45, 7) is 1.29. The second kappa shape index (κ2) is 11.9. The first-order valence-electron chi connectivity index (χ1n) is 7.28. The number of nitrogens with one attached hydrogen (secondary N) is 2. The zero-order valence-electron chi connectivity index (χ0n) is 13.9. The van der Waals surface area contributed by atoms with E-state index in [2.05, 4.69) is 10.6 Å². The molecule has 0 heterocycles. The fourth-order valence-electron chi connectivity index (χ4n) is 1.98. The summed E-state index contributed by atoms with van der Waals surface area (Å²) < 4.78 is 4.90. The Labute approximate surface area is 144 Å². The topological polar surface area (TPSA) is 70.7 Å². The molecule has 0 saturated carbocycles. The minimum atomic E-state index is -0.561. The van der Waals surface area contributed by atoms with Gasteiger partial charge in [0.15, 0.2) is 0 Å². The van der Waals surface area contributed by atoms with Crippen LogP contribution in [0.1, 0.15) is 5.56 Å². The molecule has 23 heavy (non-hydrogen) atoms. The van der Waals surface area contributed by atoms with Crippen molar-refractivity contribution in [2.45, 2.75) is 12.5 Å². The Morgan fingerprint density at radius 1 is 1.22 bits per heavy atom. The molecule has 0 radical (unpaired) electrons. The molecule has 7 heteroatoms. The third-order valence-corrected chi connectivity index (χ3v) is 3.13. The van der Waals surface area contributed by atoms with Gasteiger partial charge in [0.2, 0.25) is 11.8 Å². The van der Waals surface area contributed by atoms with Gasteiger partial charge in [0, 0.05) is 34.2 Å². The predicted molar refractivity (Wildman–Crippen MR) is 92.8 cm³/mol. The lowest BCUT2D eigenvalue weighted by Gasteiger charge is -2.22. The van der Waals surface area contributed by atoms with Crippen LogP contribution in [0.2, 0.25) is 0 Å². The van der Waals surface area contributed by atoms with E-state index in [1.54, 1.807) is 21.2 Å². The first-order valence-corrected chi connectivity index (χ1v) is 7.28. The smallest absolute Gasteiger partial charge is 0.244 e. The number of methoxy groups -OCH3 is 1. The van der Waals surface area contributed by atoms with Crippen LogP contribution in [-0.2, 0) is 20.7 Å². The highest BCUT2D eigenvalue weighted by Gasteiger charge is 2.22. The van der Waals surface area contributed by atoms with Crippen LogP contribution in [0.15, 0.2) is 30.3 Å². The highest BCUT2D eigenvalue weighted by atomic mass is 35.5. The van der Waals surface area contributed by atoms with Crippen molar-refractivity contribution in [1.29, 1.82) is 0 Å². The summed E-state index contributed by atoms with van der Waals surface area (Å²) in [6.07, 6.45) is 0.474. The summed E-state index contributed by atoms with van der Waals surface area (Å²) in [5.41, 5.74) is 1.01. The Morgan fingerprint density at radius 2 is 1.87 bits per heavy atom. The minimum absolute atomic E-state index is 0. The van der Waals surface area contributed by atoms with Crippen molar-refractivity contribution in [2.75, 3.05) is 40.9 Å². The normalized spacial score (nSPS) is 11.3. The minimum Gasteiger partial charge on any atom is -0.383 e. The molecule has 0 fully saturated rings. The van der Waals surface area contributed by atoms with E-state index in [1.807, 2.05) is 30.3 Å². The van der Waals surface area contributed by atoms with E-state index in [0.717, 1.165) is 5.56 Å². The van der Waals surface area contributed by atoms with E-state index in [0.29, 0.717) is 19.6 Å². The molecule has 130 valence electrons. The van der Waals surface area contributed by atoms with Gasteiger partial charge in [-0.1, -0.05) is 30.3 Å². The van der Waals surface area contributed by atoms with Gasteiger partial charge in [-0.25, -0.2) is 0 Å². The molecule has 1 atom stereocenters. The molecular weight excluding hydrogens is 318 g/mol. The monoisotopic (exact) mass is 343 g/mol. The number of rotatable bonds is 9. The Balaban J connectivity index is 0.00000484. The lowest BCUT2D eigenvalue weighted by Crippen LogP contribution is -2.49. The van der Waals surface area contributed by atoms with Crippen LogP contribution in [-0.4, -0.2) is 63.7 Å². The SMILES string of the molecule is COCCNCC(=O)NC(Cc1ccccc1)C(=O)N(C)C.Cl. The number of hydrogen-bond acceptors (Lipinski definition) is 4. The van der Waals surface area contributed by atoms with Gasteiger partial charge in [0.05, 0.1) is 13.2 Å². The molecule has 1 aromatic carbocycles. The highest BCUT2D eigenvalue weighted by Crippen LogP contribution is 2.05. The average molecular weight is 344 g/mol. The van der Waals surface area contributed by atoms with E-state index >= 15 is 0 Å². The molecule has 1 aromatic rings. The molecule has 1 unspecified atom stereocenters. The van der Waals surface area contributed by atoms with Crippen LogP contribution in [0.5, 0.6) is 0 Å². The Bertz CT molecular complexity index is 469. The van der Waals surface area contributed by atoms with E-state index in [-0.39, 0.29) is 30.8 Å². The van der Waals surface area contributed by atoms with Crippen molar-refractivity contribution in [1.82, 2.24) is 15.5 Å². The average Bonchev–Trinajstić information content (AvgIpc) is 2.51. The predicted octanol–water partition coefficient (Wildman–Crippen LogP) is 0.460. The first kappa shape index (κ1) is 21.4. The zero-order chi connectivity index (χ0) is 16.4. The van der Waals surface area contributed by atoms with Crippen molar-refractivity contribution in [3.63, 3.8) is 0 Å². The number of ether oxygens (including phenoxy) is 1. The van der Waals surface area contributed by atoms with Crippen molar-refractivity contribution in [3.05, 3.63) is 35.9 Å². The molecule has 2 N–H and O–H groups in total. The van der Waals surface area contributed by atoms with Crippen LogP contribution in [0.3, 0.4) is 0 Å². The van der Waals surface area contributed by atoms with Gasteiger partial charge in [-0.15, -0.1) is 12.4 Å². The zero-order valence-corrected chi connectivity index (χ0v) is 14.7. The van der Waals surface area contributed by atoms with Gasteiger partial charge in [0.25, 0.3) is 0 Å². The molecular formula is C16H26ClN3O3. The second-order valence-corrected chi connectivity index (χ2v) is 5.21. The summed E-state index contributed by atoms with van der Waals surface area (Å²) in [5.74, 6) is -0.318. The lowest BCUT2D eigenvalue weighted by molar-refractivity contribution is -0.134. The molecule has 0 spiro atoms. The Hall–Kier alpha value is -1.63. The molecule has 1 rings (SSSR count). The fourth-order valence-corrected chi connectivity index (χ4v) is 1.98. The van der Waals surface area contributed by atoms with Gasteiger partial charge in [-0.2, -0.15) is 0 Å². The summed E-state index contributed by atoms with van der Waals surface area (Å²) in [6, 6.07) is 9.08. The highest BCUT2D eigenvalue weighted by molar-refractivity contribution is 5.88.